The van der Waals surface area contributed by atoms with E-state index in [1.807, 2.05) is 6.07 Å². The molecule has 0 saturated carbocycles. The maximum atomic E-state index is 10.6. The van der Waals surface area contributed by atoms with Crippen LogP contribution in [0.5, 0.6) is 0 Å². The van der Waals surface area contributed by atoms with Crippen LogP contribution >= 0.6 is 27.5 Å². The van der Waals surface area contributed by atoms with Crippen molar-refractivity contribution in [2.75, 3.05) is 0 Å². The highest BCUT2D eigenvalue weighted by molar-refractivity contribution is 9.10. The van der Waals surface area contributed by atoms with E-state index in [4.69, 9.17) is 22.0 Å². The topological polar surface area (TPSA) is 61.1 Å². The number of benzene rings is 1. The molecule has 15 heavy (non-hydrogen) atoms. The Kier molecular flexibility index (Phi) is 4.13. The van der Waals surface area contributed by atoms with E-state index in [9.17, 15) is 4.79 Å². The first-order valence-corrected chi connectivity index (χ1v) is 5.40. The second-order valence-electron chi connectivity index (χ2n) is 2.91. The summed E-state index contributed by atoms with van der Waals surface area (Å²) in [5, 5.41) is 17.4. The molecule has 0 unspecified atom stereocenters. The molecule has 3 nitrogen and oxygen atoms in total. The summed E-state index contributed by atoms with van der Waals surface area (Å²) >= 11 is 8.93. The van der Waals surface area contributed by atoms with Crippen LogP contribution in [-0.2, 0) is 17.1 Å². The summed E-state index contributed by atoms with van der Waals surface area (Å²) in [6, 6.07) is 5.19. The van der Waals surface area contributed by atoms with Crippen LogP contribution in [0.3, 0.4) is 0 Å². The Morgan fingerprint density at radius 3 is 2.73 bits per heavy atom. The van der Waals surface area contributed by atoms with E-state index in [1.54, 1.807) is 12.1 Å². The Hall–Kier alpha value is -1.05. The van der Waals surface area contributed by atoms with E-state index in [2.05, 4.69) is 15.9 Å². The van der Waals surface area contributed by atoms with Gasteiger partial charge in [0.1, 0.15) is 0 Å². The fourth-order valence-electron chi connectivity index (χ4n) is 1.23. The molecule has 0 radical (unpaired) electrons. The molecular formula is C10H7BrClNO2. The lowest BCUT2D eigenvalue weighted by molar-refractivity contribution is -0.136. The molecule has 1 N–H and O–H groups in total. The number of nitrogens with zero attached hydrogens (tertiary/aromatic N) is 1. The number of halogens is 2. The number of rotatable bonds is 3. The quantitative estimate of drug-likeness (QED) is 0.870. The normalized spacial score (nSPS) is 9.67. The highest BCUT2D eigenvalue weighted by Gasteiger charge is 2.11. The van der Waals surface area contributed by atoms with Gasteiger partial charge in [-0.1, -0.05) is 15.9 Å². The second kappa shape index (κ2) is 5.15. The zero-order valence-electron chi connectivity index (χ0n) is 7.63. The highest BCUT2D eigenvalue weighted by atomic mass is 79.9. The summed E-state index contributed by atoms with van der Waals surface area (Å²) in [4.78, 5) is 10.6. The van der Waals surface area contributed by atoms with Gasteiger partial charge in [0.2, 0.25) is 0 Å². The number of hydrogen-bond donors (Lipinski definition) is 1. The second-order valence-corrected chi connectivity index (χ2v) is 4.03. The number of carbonyl (C=O) groups is 1. The zero-order chi connectivity index (χ0) is 11.4. The lowest BCUT2D eigenvalue weighted by atomic mass is 10.0. The van der Waals surface area contributed by atoms with Crippen LogP contribution in [0.4, 0.5) is 0 Å². The Balaban J connectivity index is 3.25. The van der Waals surface area contributed by atoms with Crippen molar-refractivity contribution in [3.63, 3.8) is 0 Å². The van der Waals surface area contributed by atoms with Gasteiger partial charge in [0.25, 0.3) is 0 Å². The molecule has 0 bridgehead atoms. The molecule has 0 atom stereocenters. The van der Waals surface area contributed by atoms with E-state index in [0.29, 0.717) is 21.2 Å². The van der Waals surface area contributed by atoms with Crippen molar-refractivity contribution < 1.29 is 9.90 Å². The predicted molar refractivity (Wildman–Crippen MR) is 59.8 cm³/mol. The van der Waals surface area contributed by atoms with Crippen molar-refractivity contribution in [1.29, 1.82) is 5.26 Å². The summed E-state index contributed by atoms with van der Waals surface area (Å²) in [7, 11) is 0. The van der Waals surface area contributed by atoms with Gasteiger partial charge in [-0.15, -0.1) is 11.6 Å². The van der Waals surface area contributed by atoms with E-state index in [1.165, 1.54) is 0 Å². The minimum absolute atomic E-state index is 0.103. The number of nitriles is 1. The van der Waals surface area contributed by atoms with Crippen LogP contribution in [0, 0.1) is 11.3 Å². The summed E-state index contributed by atoms with van der Waals surface area (Å²) in [5.41, 5.74) is 1.76. The Labute approximate surface area is 100 Å². The molecule has 0 fully saturated rings. The van der Waals surface area contributed by atoms with Gasteiger partial charge in [0.05, 0.1) is 18.1 Å². The minimum atomic E-state index is -0.924. The molecule has 1 aromatic rings. The summed E-state index contributed by atoms with van der Waals surface area (Å²) in [6.45, 7) is 0. The molecule has 1 aromatic carbocycles. The lowest BCUT2D eigenvalue weighted by Gasteiger charge is -2.08. The van der Waals surface area contributed by atoms with Gasteiger partial charge in [0.15, 0.2) is 0 Å². The standard InChI is InChI=1S/C10H7BrClNO2/c11-9-2-6(5-13)1-7(4-12)8(9)3-10(14)15/h1-2H,3-4H2,(H,14,15). The smallest absolute Gasteiger partial charge is 0.307 e. The average Bonchev–Trinajstić information content (AvgIpc) is 2.20. The van der Waals surface area contributed by atoms with Crippen molar-refractivity contribution >= 4 is 33.5 Å². The fraction of sp³-hybridized carbons (Fsp3) is 0.200. The van der Waals surface area contributed by atoms with Crippen molar-refractivity contribution in [3.05, 3.63) is 33.3 Å². The molecule has 0 amide bonds. The SMILES string of the molecule is N#Cc1cc(Br)c(CC(=O)O)c(CCl)c1. The molecular weight excluding hydrogens is 281 g/mol. The van der Waals surface area contributed by atoms with Crippen LogP contribution in [0.15, 0.2) is 16.6 Å². The molecule has 0 aliphatic heterocycles. The van der Waals surface area contributed by atoms with E-state index in [-0.39, 0.29) is 12.3 Å². The third kappa shape index (κ3) is 2.95. The third-order valence-electron chi connectivity index (χ3n) is 1.89. The molecule has 78 valence electrons. The van der Waals surface area contributed by atoms with Crippen LogP contribution < -0.4 is 0 Å². The van der Waals surface area contributed by atoms with Crippen LogP contribution in [0.25, 0.3) is 0 Å². The van der Waals surface area contributed by atoms with Crippen molar-refractivity contribution in [3.8, 4) is 6.07 Å². The fourth-order valence-corrected chi connectivity index (χ4v) is 2.11. The lowest BCUT2D eigenvalue weighted by Crippen LogP contribution is -2.04. The Morgan fingerprint density at radius 1 is 1.60 bits per heavy atom. The number of alkyl halides is 1. The molecule has 0 aliphatic carbocycles. The first-order chi connectivity index (χ1) is 7.08. The molecule has 1 rings (SSSR count). The Morgan fingerprint density at radius 2 is 2.27 bits per heavy atom. The van der Waals surface area contributed by atoms with E-state index < -0.39 is 5.97 Å². The number of aliphatic carboxylic acids is 1. The molecule has 0 spiro atoms. The van der Waals surface area contributed by atoms with Gasteiger partial charge in [-0.25, -0.2) is 0 Å². The van der Waals surface area contributed by atoms with Crippen molar-refractivity contribution in [2.45, 2.75) is 12.3 Å². The summed E-state index contributed by atoms with van der Waals surface area (Å²) < 4.78 is 0.611. The predicted octanol–water partition coefficient (Wildman–Crippen LogP) is 2.69. The minimum Gasteiger partial charge on any atom is -0.481 e. The third-order valence-corrected chi connectivity index (χ3v) is 2.88. The number of carboxylic acid groups (broad SMARTS) is 1. The Bertz CT molecular complexity index is 440. The van der Waals surface area contributed by atoms with Gasteiger partial charge >= 0.3 is 5.97 Å². The first-order valence-electron chi connectivity index (χ1n) is 4.07. The van der Waals surface area contributed by atoms with E-state index in [0.717, 1.165) is 0 Å². The first kappa shape index (κ1) is 12.0. The average molecular weight is 289 g/mol. The summed E-state index contributed by atoms with van der Waals surface area (Å²) in [5.74, 6) is -0.733. The maximum Gasteiger partial charge on any atom is 0.307 e. The van der Waals surface area contributed by atoms with Gasteiger partial charge in [0, 0.05) is 10.4 Å². The van der Waals surface area contributed by atoms with Gasteiger partial charge < -0.3 is 5.11 Å². The van der Waals surface area contributed by atoms with Gasteiger partial charge in [-0.05, 0) is 23.3 Å². The van der Waals surface area contributed by atoms with E-state index >= 15 is 0 Å². The molecule has 0 aromatic heterocycles. The molecule has 0 aliphatic rings. The molecule has 0 heterocycles. The largest absolute Gasteiger partial charge is 0.481 e. The number of carboxylic acids is 1. The van der Waals surface area contributed by atoms with Gasteiger partial charge in [-0.3, -0.25) is 4.79 Å². The van der Waals surface area contributed by atoms with Crippen LogP contribution in [0.1, 0.15) is 16.7 Å². The van der Waals surface area contributed by atoms with Crippen molar-refractivity contribution in [2.24, 2.45) is 0 Å². The maximum absolute atomic E-state index is 10.6. The summed E-state index contributed by atoms with van der Waals surface area (Å²) in [6.07, 6.45) is -0.103. The van der Waals surface area contributed by atoms with Crippen LogP contribution in [0.2, 0.25) is 0 Å². The monoisotopic (exact) mass is 287 g/mol. The van der Waals surface area contributed by atoms with Crippen molar-refractivity contribution in [1.82, 2.24) is 0 Å². The zero-order valence-corrected chi connectivity index (χ0v) is 9.97. The molecule has 5 heteroatoms. The van der Waals surface area contributed by atoms with Crippen LogP contribution in [-0.4, -0.2) is 11.1 Å². The highest BCUT2D eigenvalue weighted by Crippen LogP contribution is 2.24. The van der Waals surface area contributed by atoms with Gasteiger partial charge in [-0.2, -0.15) is 5.26 Å². The molecule has 0 saturated heterocycles. The number of hydrogen-bond acceptors (Lipinski definition) is 2.